The smallest absolute Gasteiger partial charge is 0.329 e. The largest absolute Gasteiger partial charge is 0.508 e. The van der Waals surface area contributed by atoms with Crippen LogP contribution in [0.25, 0.3) is 0 Å². The van der Waals surface area contributed by atoms with Crippen molar-refractivity contribution in [1.29, 1.82) is 0 Å². The number of phenols is 1. The number of carbonyl (C=O) groups excluding carboxylic acids is 2. The second-order valence-corrected chi connectivity index (χ2v) is 13.1. The fraction of sp³-hybridized carbons (Fsp3) is 0.440. The minimum absolute atomic E-state index is 0.0582. The fourth-order valence-corrected chi connectivity index (χ4v) is 7.48. The number of halogens is 1. The third-order valence-electron chi connectivity index (χ3n) is 5.38. The van der Waals surface area contributed by atoms with Crippen LogP contribution in [-0.4, -0.2) is 58.0 Å². The Hall–Kier alpha value is -2.63. The van der Waals surface area contributed by atoms with Crippen molar-refractivity contribution in [3.05, 3.63) is 59.9 Å². The van der Waals surface area contributed by atoms with Gasteiger partial charge in [0, 0.05) is 17.7 Å². The molecule has 0 aromatic heterocycles. The summed E-state index contributed by atoms with van der Waals surface area (Å²) in [5, 5.41) is 11.1. The molecule has 11 heteroatoms. The molecule has 196 valence electrons. The molecule has 1 aliphatic rings. The van der Waals surface area contributed by atoms with E-state index in [4.69, 9.17) is 4.74 Å². The van der Waals surface area contributed by atoms with E-state index in [0.717, 1.165) is 40.3 Å². The lowest BCUT2D eigenvalue weighted by Crippen LogP contribution is -2.55. The number of phenolic OH excluding ortho intramolecular Hbond substituents is 1. The van der Waals surface area contributed by atoms with Gasteiger partial charge >= 0.3 is 5.97 Å². The molecule has 0 bridgehead atoms. The van der Waals surface area contributed by atoms with Gasteiger partial charge in [0.15, 0.2) is 0 Å². The van der Waals surface area contributed by atoms with E-state index in [1.54, 1.807) is 46.8 Å². The summed E-state index contributed by atoms with van der Waals surface area (Å²) < 4.78 is 47.0. The average Bonchev–Trinajstić information content (AvgIpc) is 3.09. The number of amides is 1. The second kappa shape index (κ2) is 10.4. The van der Waals surface area contributed by atoms with Crippen molar-refractivity contribution in [2.75, 3.05) is 5.75 Å². The predicted octanol–water partition coefficient (Wildman–Crippen LogP) is 3.44. The zero-order chi connectivity index (χ0) is 26.9. The van der Waals surface area contributed by atoms with Crippen molar-refractivity contribution in [3.8, 4) is 5.75 Å². The van der Waals surface area contributed by atoms with Crippen LogP contribution in [0.3, 0.4) is 0 Å². The Balaban J connectivity index is 1.90. The van der Waals surface area contributed by atoms with Gasteiger partial charge in [-0.25, -0.2) is 17.6 Å². The van der Waals surface area contributed by atoms with E-state index in [2.05, 4.69) is 5.32 Å². The molecule has 1 fully saturated rings. The van der Waals surface area contributed by atoms with Gasteiger partial charge in [0.1, 0.15) is 28.6 Å². The highest BCUT2D eigenvalue weighted by molar-refractivity contribution is 8.02. The first-order valence-corrected chi connectivity index (χ1v) is 13.8. The van der Waals surface area contributed by atoms with Crippen LogP contribution in [0.5, 0.6) is 5.75 Å². The first-order valence-electron chi connectivity index (χ1n) is 11.3. The number of esters is 1. The normalized spacial score (nSPS) is 19.0. The molecule has 2 aromatic carbocycles. The van der Waals surface area contributed by atoms with Crippen LogP contribution in [0.1, 0.15) is 40.2 Å². The summed E-state index contributed by atoms with van der Waals surface area (Å²) in [5.74, 6) is -1.51. The van der Waals surface area contributed by atoms with Crippen LogP contribution < -0.4 is 5.32 Å². The Morgan fingerprint density at radius 3 is 2.31 bits per heavy atom. The number of hydrogen-bond donors (Lipinski definition) is 2. The third-order valence-corrected chi connectivity index (χ3v) is 9.22. The van der Waals surface area contributed by atoms with Gasteiger partial charge in [-0.1, -0.05) is 12.1 Å². The molecule has 2 N–H and O–H groups in total. The predicted molar refractivity (Wildman–Crippen MR) is 135 cm³/mol. The zero-order valence-electron chi connectivity index (χ0n) is 20.8. The molecular weight excluding hydrogens is 507 g/mol. The van der Waals surface area contributed by atoms with Crippen LogP contribution in [0.4, 0.5) is 4.39 Å². The summed E-state index contributed by atoms with van der Waals surface area (Å²) in [4.78, 5) is 26.3. The number of aromatic hydroxyl groups is 1. The van der Waals surface area contributed by atoms with Crippen molar-refractivity contribution in [3.63, 3.8) is 0 Å². The van der Waals surface area contributed by atoms with E-state index >= 15 is 0 Å². The lowest BCUT2D eigenvalue weighted by Gasteiger charge is -2.33. The molecule has 0 unspecified atom stereocenters. The lowest BCUT2D eigenvalue weighted by molar-refractivity contribution is -0.158. The van der Waals surface area contributed by atoms with E-state index in [1.807, 2.05) is 0 Å². The van der Waals surface area contributed by atoms with Crippen molar-refractivity contribution >= 4 is 33.7 Å². The molecule has 1 amide bonds. The summed E-state index contributed by atoms with van der Waals surface area (Å²) in [5.41, 5.74) is -1.06. The number of thioether (sulfide) groups is 1. The number of carbonyl (C=O) groups is 2. The Labute approximate surface area is 215 Å². The summed E-state index contributed by atoms with van der Waals surface area (Å²) in [6, 6.07) is 9.50. The number of sulfonamides is 1. The van der Waals surface area contributed by atoms with Gasteiger partial charge in [0.2, 0.25) is 15.9 Å². The highest BCUT2D eigenvalue weighted by Crippen LogP contribution is 2.41. The standard InChI is InChI=1S/C25H31FN2O6S2/c1-24(2,3)34-23(31)20(14-16-6-10-18(29)11-7-16)27-21(30)22-28(25(4,5)15-35-22)36(32,33)19-12-8-17(26)9-13-19/h6-13,20,22,29H,14-15H2,1-5H3,(H,27,30)/t20-,22-/m0/s1. The van der Waals surface area contributed by atoms with Gasteiger partial charge in [-0.05, 0) is 76.6 Å². The number of nitrogens with zero attached hydrogens (tertiary/aromatic N) is 1. The van der Waals surface area contributed by atoms with Gasteiger partial charge in [-0.3, -0.25) is 4.79 Å². The monoisotopic (exact) mass is 538 g/mol. The van der Waals surface area contributed by atoms with Crippen LogP contribution in [0.15, 0.2) is 53.4 Å². The average molecular weight is 539 g/mol. The Kier molecular flexibility index (Phi) is 8.07. The zero-order valence-corrected chi connectivity index (χ0v) is 22.5. The molecule has 0 radical (unpaired) electrons. The first-order chi connectivity index (χ1) is 16.6. The summed E-state index contributed by atoms with van der Waals surface area (Å²) >= 11 is 1.14. The maximum atomic E-state index is 13.5. The minimum Gasteiger partial charge on any atom is -0.508 e. The van der Waals surface area contributed by atoms with Crippen molar-refractivity contribution in [1.82, 2.24) is 9.62 Å². The molecule has 3 rings (SSSR count). The molecule has 0 aliphatic carbocycles. The van der Waals surface area contributed by atoms with Gasteiger partial charge in [0.05, 0.1) is 4.90 Å². The van der Waals surface area contributed by atoms with Gasteiger partial charge in [-0.15, -0.1) is 11.8 Å². The van der Waals surface area contributed by atoms with Crippen molar-refractivity contribution < 1.29 is 32.2 Å². The minimum atomic E-state index is -4.16. The summed E-state index contributed by atoms with van der Waals surface area (Å²) in [6.07, 6.45) is 0.0758. The van der Waals surface area contributed by atoms with Crippen LogP contribution >= 0.6 is 11.8 Å². The Bertz CT molecular complexity index is 1210. The third kappa shape index (κ3) is 6.57. The number of rotatable bonds is 7. The molecule has 0 saturated carbocycles. The molecular formula is C25H31FN2O6S2. The molecule has 0 spiro atoms. The molecule has 1 aliphatic heterocycles. The van der Waals surface area contributed by atoms with E-state index in [1.165, 1.54) is 12.1 Å². The number of ether oxygens (including phenoxy) is 1. The molecule has 1 heterocycles. The van der Waals surface area contributed by atoms with Crippen LogP contribution in [-0.2, 0) is 30.8 Å². The van der Waals surface area contributed by atoms with Crippen molar-refractivity contribution in [2.24, 2.45) is 0 Å². The maximum absolute atomic E-state index is 13.5. The van der Waals surface area contributed by atoms with Crippen molar-refractivity contribution in [2.45, 2.75) is 68.5 Å². The van der Waals surface area contributed by atoms with Gasteiger partial charge in [-0.2, -0.15) is 4.31 Å². The number of nitrogens with one attached hydrogen (secondary N) is 1. The topological polar surface area (TPSA) is 113 Å². The summed E-state index contributed by atoms with van der Waals surface area (Å²) in [7, 11) is -4.16. The molecule has 36 heavy (non-hydrogen) atoms. The van der Waals surface area contributed by atoms with E-state index in [-0.39, 0.29) is 17.1 Å². The quantitative estimate of drug-likeness (QED) is 0.519. The number of hydrogen-bond acceptors (Lipinski definition) is 7. The Morgan fingerprint density at radius 2 is 1.75 bits per heavy atom. The van der Waals surface area contributed by atoms with E-state index in [9.17, 15) is 27.5 Å². The molecule has 8 nitrogen and oxygen atoms in total. The van der Waals surface area contributed by atoms with E-state index < -0.39 is 50.3 Å². The van der Waals surface area contributed by atoms with Gasteiger partial charge in [0.25, 0.3) is 0 Å². The van der Waals surface area contributed by atoms with Gasteiger partial charge < -0.3 is 15.2 Å². The number of benzene rings is 2. The maximum Gasteiger partial charge on any atom is 0.329 e. The Morgan fingerprint density at radius 1 is 1.17 bits per heavy atom. The molecule has 1 saturated heterocycles. The molecule has 2 aromatic rings. The first kappa shape index (κ1) is 27.9. The SMILES string of the molecule is CC(C)(C)OC(=O)[C@H](Cc1ccc(O)cc1)NC(=O)[C@@H]1SCC(C)(C)N1S(=O)(=O)c1ccc(F)cc1. The van der Waals surface area contributed by atoms with Crippen LogP contribution in [0.2, 0.25) is 0 Å². The summed E-state index contributed by atoms with van der Waals surface area (Å²) in [6.45, 7) is 8.52. The second-order valence-electron chi connectivity index (χ2n) is 10.2. The fourth-order valence-electron chi connectivity index (χ4n) is 3.76. The highest BCUT2D eigenvalue weighted by Gasteiger charge is 2.51. The molecule has 2 atom stereocenters. The highest BCUT2D eigenvalue weighted by atomic mass is 32.2. The van der Waals surface area contributed by atoms with E-state index in [0.29, 0.717) is 11.3 Å². The lowest BCUT2D eigenvalue weighted by atomic mass is 10.0. The van der Waals surface area contributed by atoms with Crippen LogP contribution in [0, 0.1) is 5.82 Å².